The zero-order chi connectivity index (χ0) is 10.7. The van der Waals surface area contributed by atoms with Crippen LogP contribution < -0.4 is 16.0 Å². The summed E-state index contributed by atoms with van der Waals surface area (Å²) >= 11 is 5.38. The van der Waals surface area contributed by atoms with Crippen LogP contribution in [0.1, 0.15) is 10.4 Å². The molecule has 0 aliphatic heterocycles. The third kappa shape index (κ3) is 2.37. The maximum atomic E-state index is 11.4. The van der Waals surface area contributed by atoms with Crippen LogP contribution in [0.5, 0.6) is 5.75 Å². The highest BCUT2D eigenvalue weighted by molar-refractivity contribution is 14.1. The van der Waals surface area contributed by atoms with E-state index in [4.69, 9.17) is 10.6 Å². The van der Waals surface area contributed by atoms with Crippen LogP contribution in [0.25, 0.3) is 0 Å². The molecule has 6 heteroatoms. The van der Waals surface area contributed by atoms with E-state index in [1.54, 1.807) is 6.07 Å². The minimum absolute atomic E-state index is 0.374. The number of carbonyl (C=O) groups excluding carboxylic acids is 1. The summed E-state index contributed by atoms with van der Waals surface area (Å²) in [6.07, 6.45) is 0. The molecule has 0 heterocycles. The molecule has 3 N–H and O–H groups in total. The topological polar surface area (TPSA) is 64.3 Å². The van der Waals surface area contributed by atoms with Gasteiger partial charge in [0.1, 0.15) is 5.75 Å². The molecule has 0 atom stereocenters. The van der Waals surface area contributed by atoms with Gasteiger partial charge in [-0.15, -0.1) is 0 Å². The average Bonchev–Trinajstić information content (AvgIpc) is 2.15. The minimum atomic E-state index is -0.374. The van der Waals surface area contributed by atoms with E-state index in [0.29, 0.717) is 11.3 Å². The van der Waals surface area contributed by atoms with Crippen molar-refractivity contribution < 1.29 is 9.53 Å². The minimum Gasteiger partial charge on any atom is -0.495 e. The monoisotopic (exact) mass is 370 g/mol. The van der Waals surface area contributed by atoms with Crippen molar-refractivity contribution >= 4 is 44.4 Å². The van der Waals surface area contributed by atoms with E-state index >= 15 is 0 Å². The summed E-state index contributed by atoms with van der Waals surface area (Å²) in [6.45, 7) is 0. The molecule has 1 rings (SSSR count). The number of hydrazine groups is 1. The SMILES string of the molecule is COc1c(I)cc(Br)cc1C(=O)NN. The molecule has 0 unspecified atom stereocenters. The molecule has 1 aromatic rings. The average molecular weight is 371 g/mol. The number of rotatable bonds is 2. The number of halogens is 2. The number of nitrogen functional groups attached to an aromatic ring is 1. The summed E-state index contributed by atoms with van der Waals surface area (Å²) in [6, 6.07) is 3.51. The van der Waals surface area contributed by atoms with Crippen LogP contribution in [-0.4, -0.2) is 13.0 Å². The molecule has 0 fully saturated rings. The van der Waals surface area contributed by atoms with Crippen LogP contribution in [0.2, 0.25) is 0 Å². The lowest BCUT2D eigenvalue weighted by molar-refractivity contribution is 0.0950. The second-order valence-electron chi connectivity index (χ2n) is 2.44. The van der Waals surface area contributed by atoms with Crippen molar-refractivity contribution in [3.63, 3.8) is 0 Å². The highest BCUT2D eigenvalue weighted by atomic mass is 127. The van der Waals surface area contributed by atoms with Gasteiger partial charge in [0.2, 0.25) is 0 Å². The number of methoxy groups -OCH3 is 1. The van der Waals surface area contributed by atoms with Gasteiger partial charge < -0.3 is 4.74 Å². The summed E-state index contributed by atoms with van der Waals surface area (Å²) < 4.78 is 6.76. The molecule has 0 aliphatic carbocycles. The van der Waals surface area contributed by atoms with Crippen molar-refractivity contribution in [3.8, 4) is 5.75 Å². The van der Waals surface area contributed by atoms with E-state index in [0.717, 1.165) is 8.04 Å². The summed E-state index contributed by atoms with van der Waals surface area (Å²) in [5.41, 5.74) is 2.48. The van der Waals surface area contributed by atoms with Crippen LogP contribution in [0.3, 0.4) is 0 Å². The van der Waals surface area contributed by atoms with Crippen molar-refractivity contribution in [1.29, 1.82) is 0 Å². The fourth-order valence-electron chi connectivity index (χ4n) is 1.01. The first-order chi connectivity index (χ1) is 6.60. The molecule has 0 radical (unpaired) electrons. The van der Waals surface area contributed by atoms with E-state index in [1.807, 2.05) is 6.07 Å². The fourth-order valence-corrected chi connectivity index (χ4v) is 2.75. The summed E-state index contributed by atoms with van der Waals surface area (Å²) in [7, 11) is 1.51. The Kier molecular flexibility index (Phi) is 4.14. The van der Waals surface area contributed by atoms with Gasteiger partial charge in [-0.2, -0.15) is 0 Å². The van der Waals surface area contributed by atoms with Gasteiger partial charge in [0.25, 0.3) is 5.91 Å². The van der Waals surface area contributed by atoms with Crippen molar-refractivity contribution in [1.82, 2.24) is 5.43 Å². The molecule has 0 aliphatic rings. The molecule has 0 saturated carbocycles. The lowest BCUT2D eigenvalue weighted by Gasteiger charge is -2.09. The first-order valence-corrected chi connectivity index (χ1v) is 5.51. The lowest BCUT2D eigenvalue weighted by Crippen LogP contribution is -2.30. The largest absolute Gasteiger partial charge is 0.495 e. The highest BCUT2D eigenvalue weighted by Gasteiger charge is 2.14. The van der Waals surface area contributed by atoms with E-state index in [1.165, 1.54) is 7.11 Å². The molecule has 0 bridgehead atoms. The Morgan fingerprint density at radius 2 is 2.29 bits per heavy atom. The van der Waals surface area contributed by atoms with Crippen molar-refractivity contribution in [2.75, 3.05) is 7.11 Å². The van der Waals surface area contributed by atoms with E-state index < -0.39 is 0 Å². The van der Waals surface area contributed by atoms with E-state index in [9.17, 15) is 4.79 Å². The molecule has 0 aromatic heterocycles. The first-order valence-electron chi connectivity index (χ1n) is 3.64. The molecule has 1 amide bonds. The van der Waals surface area contributed by atoms with Gasteiger partial charge in [-0.1, -0.05) is 15.9 Å². The Morgan fingerprint density at radius 3 is 2.79 bits per heavy atom. The highest BCUT2D eigenvalue weighted by Crippen LogP contribution is 2.29. The van der Waals surface area contributed by atoms with E-state index in [2.05, 4.69) is 43.9 Å². The maximum Gasteiger partial charge on any atom is 0.269 e. The second-order valence-corrected chi connectivity index (χ2v) is 4.52. The van der Waals surface area contributed by atoms with Gasteiger partial charge in [-0.3, -0.25) is 10.2 Å². The summed E-state index contributed by atoms with van der Waals surface area (Å²) in [5.74, 6) is 5.21. The number of amides is 1. The van der Waals surface area contributed by atoms with Gasteiger partial charge in [-0.05, 0) is 34.7 Å². The van der Waals surface area contributed by atoms with Gasteiger partial charge in [-0.25, -0.2) is 5.84 Å². The summed E-state index contributed by atoms with van der Waals surface area (Å²) in [5, 5.41) is 0. The van der Waals surface area contributed by atoms with Crippen LogP contribution >= 0.6 is 38.5 Å². The Balaban J connectivity index is 3.32. The van der Waals surface area contributed by atoms with Gasteiger partial charge in [0, 0.05) is 4.47 Å². The van der Waals surface area contributed by atoms with Crippen LogP contribution in [0.15, 0.2) is 16.6 Å². The molecule has 1 aromatic carbocycles. The van der Waals surface area contributed by atoms with Crippen molar-refractivity contribution in [3.05, 3.63) is 25.7 Å². The number of nitrogens with two attached hydrogens (primary N) is 1. The number of benzene rings is 1. The smallest absolute Gasteiger partial charge is 0.269 e. The zero-order valence-corrected chi connectivity index (χ0v) is 11.0. The summed E-state index contributed by atoms with van der Waals surface area (Å²) in [4.78, 5) is 11.4. The van der Waals surface area contributed by atoms with Gasteiger partial charge in [0.05, 0.1) is 16.2 Å². The number of hydrogen-bond acceptors (Lipinski definition) is 3. The molecule has 4 nitrogen and oxygen atoms in total. The quantitative estimate of drug-likeness (QED) is 0.360. The Labute approximate surface area is 103 Å². The number of hydrogen-bond donors (Lipinski definition) is 2. The normalized spacial score (nSPS) is 9.71. The maximum absolute atomic E-state index is 11.4. The molecule has 0 spiro atoms. The van der Waals surface area contributed by atoms with Gasteiger partial charge >= 0.3 is 0 Å². The van der Waals surface area contributed by atoms with Crippen molar-refractivity contribution in [2.45, 2.75) is 0 Å². The standard InChI is InChI=1S/C8H8BrIN2O2/c1-14-7-5(8(13)12-11)2-4(9)3-6(7)10/h2-3H,11H2,1H3,(H,12,13). The van der Waals surface area contributed by atoms with Gasteiger partial charge in [0.15, 0.2) is 0 Å². The number of ether oxygens (including phenoxy) is 1. The zero-order valence-electron chi connectivity index (χ0n) is 7.30. The predicted molar refractivity (Wildman–Crippen MR) is 65.1 cm³/mol. The first kappa shape index (κ1) is 11.7. The van der Waals surface area contributed by atoms with Crippen molar-refractivity contribution in [2.24, 2.45) is 5.84 Å². The predicted octanol–water partition coefficient (Wildman–Crippen LogP) is 1.67. The third-order valence-electron chi connectivity index (χ3n) is 1.59. The molecule has 14 heavy (non-hydrogen) atoms. The van der Waals surface area contributed by atoms with Crippen LogP contribution in [0, 0.1) is 3.57 Å². The molecular formula is C8H8BrIN2O2. The van der Waals surface area contributed by atoms with Crippen LogP contribution in [-0.2, 0) is 0 Å². The Morgan fingerprint density at radius 1 is 1.64 bits per heavy atom. The fraction of sp³-hybridized carbons (Fsp3) is 0.125. The number of carbonyl (C=O) groups is 1. The molecular weight excluding hydrogens is 363 g/mol. The second kappa shape index (κ2) is 4.94. The Bertz CT molecular complexity index is 371. The van der Waals surface area contributed by atoms with E-state index in [-0.39, 0.29) is 5.91 Å². The third-order valence-corrected chi connectivity index (χ3v) is 2.85. The lowest BCUT2D eigenvalue weighted by atomic mass is 10.2. The molecule has 76 valence electrons. The Hall–Kier alpha value is -0.340. The number of nitrogens with one attached hydrogen (secondary N) is 1. The van der Waals surface area contributed by atoms with Crippen LogP contribution in [0.4, 0.5) is 0 Å². The molecule has 0 saturated heterocycles.